The lowest BCUT2D eigenvalue weighted by Crippen LogP contribution is -2.39. The third kappa shape index (κ3) is 2.25. The Hall–Kier alpha value is -1.75. The second-order valence-electron chi connectivity index (χ2n) is 6.28. The Morgan fingerprint density at radius 3 is 2.57 bits per heavy atom. The number of H-pyrrole nitrogens is 1. The molecule has 0 saturated heterocycles. The standard InChI is InChI=1S/C16H21N3O2/c17-10-16(3-1-4-16)9-15-18-11-7-13-14(8-12(11)19-15)21-6-2-5-20-13/h7-8H,1-6,9-10,17H2,(H,18,19). The van der Waals surface area contributed by atoms with Gasteiger partial charge in [0.2, 0.25) is 0 Å². The average Bonchev–Trinajstić information content (AvgIpc) is 2.68. The van der Waals surface area contributed by atoms with Gasteiger partial charge in [-0.1, -0.05) is 6.42 Å². The lowest BCUT2D eigenvalue weighted by molar-refractivity contribution is 0.142. The highest BCUT2D eigenvalue weighted by atomic mass is 16.5. The van der Waals surface area contributed by atoms with Crippen LogP contribution in [0.5, 0.6) is 11.5 Å². The molecule has 3 N–H and O–H groups in total. The molecule has 1 fully saturated rings. The van der Waals surface area contributed by atoms with Crippen LogP contribution in [0.2, 0.25) is 0 Å². The van der Waals surface area contributed by atoms with Crippen LogP contribution in [0.25, 0.3) is 11.0 Å². The van der Waals surface area contributed by atoms with Crippen LogP contribution < -0.4 is 15.2 Å². The normalized spacial score (nSPS) is 20.0. The summed E-state index contributed by atoms with van der Waals surface area (Å²) in [6.07, 6.45) is 5.56. The van der Waals surface area contributed by atoms with E-state index in [1.54, 1.807) is 0 Å². The van der Waals surface area contributed by atoms with Crippen LogP contribution >= 0.6 is 0 Å². The zero-order valence-corrected chi connectivity index (χ0v) is 12.2. The highest BCUT2D eigenvalue weighted by molar-refractivity contribution is 5.79. The summed E-state index contributed by atoms with van der Waals surface area (Å²) in [6.45, 7) is 2.15. The number of aromatic nitrogens is 2. The predicted molar refractivity (Wildman–Crippen MR) is 80.7 cm³/mol. The second kappa shape index (κ2) is 4.91. The van der Waals surface area contributed by atoms with E-state index in [1.807, 2.05) is 12.1 Å². The number of hydrogen-bond donors (Lipinski definition) is 2. The fourth-order valence-corrected chi connectivity index (χ4v) is 3.29. The van der Waals surface area contributed by atoms with Gasteiger partial charge >= 0.3 is 0 Å². The monoisotopic (exact) mass is 287 g/mol. The number of ether oxygens (including phenoxy) is 2. The molecule has 5 heteroatoms. The Kier molecular flexibility index (Phi) is 3.03. The van der Waals surface area contributed by atoms with Gasteiger partial charge in [-0.25, -0.2) is 4.98 Å². The summed E-state index contributed by atoms with van der Waals surface area (Å²) in [5.41, 5.74) is 8.17. The third-order valence-corrected chi connectivity index (χ3v) is 4.79. The molecule has 1 aliphatic carbocycles. The van der Waals surface area contributed by atoms with E-state index in [0.717, 1.165) is 47.7 Å². The van der Waals surface area contributed by atoms with Gasteiger partial charge in [-0.2, -0.15) is 0 Å². The molecule has 21 heavy (non-hydrogen) atoms. The van der Waals surface area contributed by atoms with Crippen molar-refractivity contribution in [3.05, 3.63) is 18.0 Å². The van der Waals surface area contributed by atoms with E-state index in [1.165, 1.54) is 19.3 Å². The van der Waals surface area contributed by atoms with Crippen molar-refractivity contribution in [3.8, 4) is 11.5 Å². The van der Waals surface area contributed by atoms with Gasteiger partial charge in [0, 0.05) is 25.0 Å². The molecule has 2 aliphatic rings. The number of fused-ring (bicyclic) bond motifs is 2. The topological polar surface area (TPSA) is 73.2 Å². The Morgan fingerprint density at radius 2 is 1.90 bits per heavy atom. The van der Waals surface area contributed by atoms with Crippen molar-refractivity contribution >= 4 is 11.0 Å². The Morgan fingerprint density at radius 1 is 1.14 bits per heavy atom. The van der Waals surface area contributed by atoms with Crippen molar-refractivity contribution in [1.29, 1.82) is 0 Å². The number of hydrogen-bond acceptors (Lipinski definition) is 4. The van der Waals surface area contributed by atoms with Crippen molar-refractivity contribution in [2.24, 2.45) is 11.1 Å². The smallest absolute Gasteiger partial charge is 0.163 e. The maximum Gasteiger partial charge on any atom is 0.163 e. The minimum Gasteiger partial charge on any atom is -0.489 e. The number of rotatable bonds is 3. The molecule has 2 heterocycles. The summed E-state index contributed by atoms with van der Waals surface area (Å²) >= 11 is 0. The van der Waals surface area contributed by atoms with E-state index in [4.69, 9.17) is 20.2 Å². The molecule has 2 aromatic rings. The molecule has 1 aromatic heterocycles. The van der Waals surface area contributed by atoms with Crippen LogP contribution in [0, 0.1) is 5.41 Å². The summed E-state index contributed by atoms with van der Waals surface area (Å²) in [4.78, 5) is 8.14. The van der Waals surface area contributed by atoms with Crippen molar-refractivity contribution in [2.45, 2.75) is 32.1 Å². The summed E-state index contributed by atoms with van der Waals surface area (Å²) in [7, 11) is 0. The molecule has 4 rings (SSSR count). The molecule has 1 saturated carbocycles. The van der Waals surface area contributed by atoms with Crippen LogP contribution in [0.3, 0.4) is 0 Å². The summed E-state index contributed by atoms with van der Waals surface area (Å²) in [6, 6.07) is 3.98. The quantitative estimate of drug-likeness (QED) is 0.909. The van der Waals surface area contributed by atoms with Gasteiger partial charge in [-0.15, -0.1) is 0 Å². The largest absolute Gasteiger partial charge is 0.489 e. The first-order valence-corrected chi connectivity index (χ1v) is 7.76. The lowest BCUT2D eigenvalue weighted by atomic mass is 9.66. The van der Waals surface area contributed by atoms with Crippen LogP contribution in [0.1, 0.15) is 31.5 Å². The minimum atomic E-state index is 0.262. The molecule has 0 atom stereocenters. The van der Waals surface area contributed by atoms with Crippen molar-refractivity contribution in [1.82, 2.24) is 9.97 Å². The predicted octanol–water partition coefficient (Wildman–Crippen LogP) is 2.40. The number of benzene rings is 1. The van der Waals surface area contributed by atoms with Gasteiger partial charge in [0.1, 0.15) is 5.82 Å². The molecule has 5 nitrogen and oxygen atoms in total. The van der Waals surface area contributed by atoms with Gasteiger partial charge in [-0.05, 0) is 24.8 Å². The van der Waals surface area contributed by atoms with Crippen molar-refractivity contribution in [2.75, 3.05) is 19.8 Å². The molecule has 0 spiro atoms. The highest BCUT2D eigenvalue weighted by Gasteiger charge is 2.36. The average molecular weight is 287 g/mol. The van der Waals surface area contributed by atoms with Crippen LogP contribution in [-0.2, 0) is 6.42 Å². The zero-order valence-electron chi connectivity index (χ0n) is 12.2. The number of nitrogens with one attached hydrogen (secondary N) is 1. The first-order valence-electron chi connectivity index (χ1n) is 7.76. The third-order valence-electron chi connectivity index (χ3n) is 4.79. The number of imidazole rings is 1. The summed E-state index contributed by atoms with van der Waals surface area (Å²) in [5.74, 6) is 2.64. The molecule has 1 aromatic carbocycles. The van der Waals surface area contributed by atoms with E-state index in [-0.39, 0.29) is 5.41 Å². The summed E-state index contributed by atoms with van der Waals surface area (Å²) in [5, 5.41) is 0. The molecular weight excluding hydrogens is 266 g/mol. The van der Waals surface area contributed by atoms with Gasteiger partial charge < -0.3 is 20.2 Å². The van der Waals surface area contributed by atoms with Gasteiger partial charge in [0.05, 0.1) is 24.2 Å². The fraction of sp³-hybridized carbons (Fsp3) is 0.562. The first-order chi connectivity index (χ1) is 10.3. The Labute approximate surface area is 123 Å². The lowest BCUT2D eigenvalue weighted by Gasteiger charge is -2.40. The van der Waals surface area contributed by atoms with Crippen molar-refractivity contribution < 1.29 is 9.47 Å². The maximum atomic E-state index is 5.95. The van der Waals surface area contributed by atoms with Gasteiger partial charge in [0.25, 0.3) is 0 Å². The molecule has 0 bridgehead atoms. The molecule has 112 valence electrons. The number of aromatic amines is 1. The SMILES string of the molecule is NCC1(Cc2nc3cc4c(cc3[nH]2)OCCCO4)CCC1. The highest BCUT2D eigenvalue weighted by Crippen LogP contribution is 2.42. The molecule has 0 radical (unpaired) electrons. The Balaban J connectivity index is 1.66. The number of nitrogens with zero attached hydrogens (tertiary/aromatic N) is 1. The van der Waals surface area contributed by atoms with Crippen molar-refractivity contribution in [3.63, 3.8) is 0 Å². The maximum absolute atomic E-state index is 5.95. The fourth-order valence-electron chi connectivity index (χ4n) is 3.29. The van der Waals surface area contributed by atoms with Crippen LogP contribution in [-0.4, -0.2) is 29.7 Å². The molecule has 0 unspecified atom stereocenters. The van der Waals surface area contributed by atoms with E-state index >= 15 is 0 Å². The van der Waals surface area contributed by atoms with E-state index in [0.29, 0.717) is 13.2 Å². The van der Waals surface area contributed by atoms with E-state index in [9.17, 15) is 0 Å². The van der Waals surface area contributed by atoms with E-state index in [2.05, 4.69) is 4.98 Å². The van der Waals surface area contributed by atoms with Gasteiger partial charge in [0.15, 0.2) is 11.5 Å². The second-order valence-corrected chi connectivity index (χ2v) is 6.28. The van der Waals surface area contributed by atoms with Gasteiger partial charge in [-0.3, -0.25) is 0 Å². The zero-order chi connectivity index (χ0) is 14.3. The van der Waals surface area contributed by atoms with Crippen LogP contribution in [0.15, 0.2) is 12.1 Å². The molecular formula is C16H21N3O2. The molecule has 1 aliphatic heterocycles. The van der Waals surface area contributed by atoms with E-state index < -0.39 is 0 Å². The minimum absolute atomic E-state index is 0.262. The number of nitrogens with two attached hydrogens (primary N) is 1. The Bertz CT molecular complexity index is 612. The first kappa shape index (κ1) is 13.0. The van der Waals surface area contributed by atoms with Crippen LogP contribution in [0.4, 0.5) is 0 Å². The summed E-state index contributed by atoms with van der Waals surface area (Å²) < 4.78 is 11.4. The molecule has 0 amide bonds.